The third-order valence-electron chi connectivity index (χ3n) is 4.07. The molecule has 5 nitrogen and oxygen atoms in total. The second kappa shape index (κ2) is 7.22. The number of para-hydroxylation sites is 1. The van der Waals surface area contributed by atoms with Gasteiger partial charge in [-0.3, -0.25) is 4.79 Å². The quantitative estimate of drug-likeness (QED) is 0.856. The van der Waals surface area contributed by atoms with Gasteiger partial charge in [-0.15, -0.1) is 0 Å². The largest absolute Gasteiger partial charge is 0.350 e. The summed E-state index contributed by atoms with van der Waals surface area (Å²) >= 11 is 0. The van der Waals surface area contributed by atoms with E-state index in [-0.39, 0.29) is 5.91 Å². The molecule has 2 heterocycles. The summed E-state index contributed by atoms with van der Waals surface area (Å²) in [5, 5.41) is 10.8. The number of nitrogens with one attached hydrogen (secondary N) is 2. The van der Waals surface area contributed by atoms with Crippen LogP contribution in [0.5, 0.6) is 0 Å². The lowest BCUT2D eigenvalue weighted by Crippen LogP contribution is -2.23. The van der Waals surface area contributed by atoms with Gasteiger partial charge in [-0.25, -0.2) is 4.68 Å². The first-order valence-electron chi connectivity index (χ1n) is 7.88. The fraction of sp³-hybridized carbons (Fsp3) is 0.412. The van der Waals surface area contributed by atoms with E-state index in [4.69, 9.17) is 0 Å². The van der Waals surface area contributed by atoms with Crippen molar-refractivity contribution in [3.05, 3.63) is 48.3 Å². The highest BCUT2D eigenvalue weighted by Crippen LogP contribution is 2.14. The van der Waals surface area contributed by atoms with E-state index in [0.717, 1.165) is 30.9 Å². The van der Waals surface area contributed by atoms with Crippen LogP contribution in [0.4, 0.5) is 0 Å². The number of nitrogens with zero attached hydrogens (tertiary/aromatic N) is 2. The molecular formula is C17H22N4O. The Morgan fingerprint density at radius 3 is 2.95 bits per heavy atom. The summed E-state index contributed by atoms with van der Waals surface area (Å²) in [5.74, 6) is 0.768. The molecule has 2 N–H and O–H groups in total. The van der Waals surface area contributed by atoms with Gasteiger partial charge >= 0.3 is 0 Å². The minimum atomic E-state index is 0.112. The van der Waals surface area contributed by atoms with Crippen LogP contribution in [-0.4, -0.2) is 28.8 Å². The molecule has 1 unspecified atom stereocenters. The summed E-state index contributed by atoms with van der Waals surface area (Å²) in [7, 11) is 0. The lowest BCUT2D eigenvalue weighted by Gasteiger charge is -2.07. The van der Waals surface area contributed by atoms with Crippen molar-refractivity contribution in [2.45, 2.75) is 25.8 Å². The van der Waals surface area contributed by atoms with Crippen LogP contribution in [0.1, 0.15) is 25.0 Å². The molecule has 1 amide bonds. The maximum absolute atomic E-state index is 11.9. The summed E-state index contributed by atoms with van der Waals surface area (Å²) in [4.78, 5) is 11.9. The van der Waals surface area contributed by atoms with Gasteiger partial charge in [0, 0.05) is 12.6 Å². The number of hydrogen-bond acceptors (Lipinski definition) is 3. The van der Waals surface area contributed by atoms with Crippen LogP contribution in [-0.2, 0) is 11.3 Å². The van der Waals surface area contributed by atoms with Crippen LogP contribution in [0.2, 0.25) is 0 Å². The summed E-state index contributed by atoms with van der Waals surface area (Å²) in [6.07, 6.45) is 4.68. The lowest BCUT2D eigenvalue weighted by molar-refractivity contribution is -0.121. The van der Waals surface area contributed by atoms with Crippen LogP contribution in [0, 0.1) is 5.92 Å². The molecule has 0 bridgehead atoms. The molecule has 22 heavy (non-hydrogen) atoms. The molecule has 5 heteroatoms. The monoisotopic (exact) mass is 298 g/mol. The highest BCUT2D eigenvalue weighted by Gasteiger charge is 2.15. The zero-order valence-electron chi connectivity index (χ0n) is 12.7. The highest BCUT2D eigenvalue weighted by atomic mass is 16.1. The molecule has 1 atom stereocenters. The second-order valence-electron chi connectivity index (χ2n) is 5.76. The number of carbonyl (C=O) groups is 1. The van der Waals surface area contributed by atoms with Gasteiger partial charge in [-0.05, 0) is 50.0 Å². The van der Waals surface area contributed by atoms with Crippen molar-refractivity contribution in [1.29, 1.82) is 0 Å². The zero-order chi connectivity index (χ0) is 15.2. The van der Waals surface area contributed by atoms with Crippen molar-refractivity contribution in [3.8, 4) is 5.69 Å². The van der Waals surface area contributed by atoms with Gasteiger partial charge in [0.2, 0.25) is 5.91 Å². The molecule has 0 aliphatic carbocycles. The van der Waals surface area contributed by atoms with E-state index in [1.165, 1.54) is 6.42 Å². The molecule has 1 aliphatic rings. The van der Waals surface area contributed by atoms with Crippen molar-refractivity contribution < 1.29 is 4.79 Å². The van der Waals surface area contributed by atoms with Crippen LogP contribution in [0.15, 0.2) is 42.6 Å². The van der Waals surface area contributed by atoms with Gasteiger partial charge in [0.05, 0.1) is 17.9 Å². The van der Waals surface area contributed by atoms with Gasteiger partial charge in [0.15, 0.2) is 0 Å². The van der Waals surface area contributed by atoms with Crippen molar-refractivity contribution in [1.82, 2.24) is 20.4 Å². The number of aromatic nitrogens is 2. The minimum absolute atomic E-state index is 0.112. The topological polar surface area (TPSA) is 59.0 Å². The first kappa shape index (κ1) is 14.8. The predicted molar refractivity (Wildman–Crippen MR) is 85.6 cm³/mol. The van der Waals surface area contributed by atoms with Gasteiger partial charge in [-0.2, -0.15) is 5.10 Å². The van der Waals surface area contributed by atoms with E-state index in [2.05, 4.69) is 15.7 Å². The van der Waals surface area contributed by atoms with Crippen LogP contribution < -0.4 is 10.6 Å². The van der Waals surface area contributed by atoms with E-state index in [9.17, 15) is 4.79 Å². The molecule has 2 aromatic rings. The zero-order valence-corrected chi connectivity index (χ0v) is 12.7. The highest BCUT2D eigenvalue weighted by molar-refractivity contribution is 5.75. The molecule has 0 radical (unpaired) electrons. The third-order valence-corrected chi connectivity index (χ3v) is 4.07. The van der Waals surface area contributed by atoms with Gasteiger partial charge < -0.3 is 10.6 Å². The Morgan fingerprint density at radius 2 is 2.18 bits per heavy atom. The van der Waals surface area contributed by atoms with Crippen molar-refractivity contribution in [3.63, 3.8) is 0 Å². The average molecular weight is 298 g/mol. The number of benzene rings is 1. The molecule has 1 aliphatic heterocycles. The first-order chi connectivity index (χ1) is 10.8. The molecule has 1 fully saturated rings. The van der Waals surface area contributed by atoms with Crippen LogP contribution in [0.3, 0.4) is 0 Å². The summed E-state index contributed by atoms with van der Waals surface area (Å²) < 4.78 is 1.83. The lowest BCUT2D eigenvalue weighted by atomic mass is 10.0. The Morgan fingerprint density at radius 1 is 1.32 bits per heavy atom. The molecule has 1 aromatic carbocycles. The van der Waals surface area contributed by atoms with E-state index < -0.39 is 0 Å². The summed E-state index contributed by atoms with van der Waals surface area (Å²) in [6, 6.07) is 11.9. The maximum Gasteiger partial charge on any atom is 0.220 e. The van der Waals surface area contributed by atoms with Crippen LogP contribution in [0.25, 0.3) is 5.69 Å². The Hall–Kier alpha value is -2.14. The standard InChI is InChI=1S/C17H22N4O/c22-17(7-6-14-8-10-18-12-14)19-13-15-9-11-21(20-15)16-4-2-1-3-5-16/h1-5,9,11,14,18H,6-8,10,12-13H2,(H,19,22). The number of rotatable bonds is 6. The van der Waals surface area contributed by atoms with Gasteiger partial charge in [0.1, 0.15) is 0 Å². The second-order valence-corrected chi connectivity index (χ2v) is 5.76. The Kier molecular flexibility index (Phi) is 4.85. The number of amides is 1. The normalized spacial score (nSPS) is 17.5. The van der Waals surface area contributed by atoms with Gasteiger partial charge in [-0.1, -0.05) is 18.2 Å². The molecule has 0 spiro atoms. The van der Waals surface area contributed by atoms with E-state index in [1.807, 2.05) is 47.3 Å². The molecular weight excluding hydrogens is 276 g/mol. The maximum atomic E-state index is 11.9. The average Bonchev–Trinajstić information content (AvgIpc) is 3.23. The Labute approximate surface area is 130 Å². The van der Waals surface area contributed by atoms with Crippen LogP contribution >= 0.6 is 0 Å². The van der Waals surface area contributed by atoms with E-state index in [0.29, 0.717) is 18.9 Å². The fourth-order valence-corrected chi connectivity index (χ4v) is 2.75. The molecule has 1 saturated heterocycles. The molecule has 3 rings (SSSR count). The van der Waals surface area contributed by atoms with E-state index in [1.54, 1.807) is 0 Å². The number of hydrogen-bond donors (Lipinski definition) is 2. The summed E-state index contributed by atoms with van der Waals surface area (Å²) in [5.41, 5.74) is 1.90. The first-order valence-corrected chi connectivity index (χ1v) is 7.88. The number of carbonyl (C=O) groups excluding carboxylic acids is 1. The predicted octanol–water partition coefficient (Wildman–Crippen LogP) is 1.88. The Bertz CT molecular complexity index is 602. The van der Waals surface area contributed by atoms with E-state index >= 15 is 0 Å². The smallest absolute Gasteiger partial charge is 0.220 e. The summed E-state index contributed by atoms with van der Waals surface area (Å²) in [6.45, 7) is 2.62. The molecule has 0 saturated carbocycles. The molecule has 1 aromatic heterocycles. The van der Waals surface area contributed by atoms with Crippen molar-refractivity contribution >= 4 is 5.91 Å². The SMILES string of the molecule is O=C(CCC1CCNC1)NCc1ccn(-c2ccccc2)n1. The van der Waals surface area contributed by atoms with Crippen molar-refractivity contribution in [2.24, 2.45) is 5.92 Å². The molecule has 116 valence electrons. The minimum Gasteiger partial charge on any atom is -0.350 e. The van der Waals surface area contributed by atoms with Crippen molar-refractivity contribution in [2.75, 3.05) is 13.1 Å². The van der Waals surface area contributed by atoms with Gasteiger partial charge in [0.25, 0.3) is 0 Å². The third kappa shape index (κ3) is 3.95. The fourth-order valence-electron chi connectivity index (χ4n) is 2.75. The Balaban J connectivity index is 1.45.